The van der Waals surface area contributed by atoms with Gasteiger partial charge in [-0.2, -0.15) is 0 Å². The highest BCUT2D eigenvalue weighted by molar-refractivity contribution is 5.82. The minimum absolute atomic E-state index is 0.150. The van der Waals surface area contributed by atoms with E-state index in [4.69, 9.17) is 4.74 Å². The van der Waals surface area contributed by atoms with Gasteiger partial charge in [-0.25, -0.2) is 0 Å². The number of hydrogen-bond donors (Lipinski definition) is 0. The summed E-state index contributed by atoms with van der Waals surface area (Å²) in [4.78, 5) is 23.3. The van der Waals surface area contributed by atoms with E-state index in [0.717, 1.165) is 5.56 Å². The molecule has 0 saturated heterocycles. The van der Waals surface area contributed by atoms with Crippen LogP contribution >= 0.6 is 0 Å². The Balaban J connectivity index is 2.87. The second kappa shape index (κ2) is 7.72. The third-order valence-electron chi connectivity index (χ3n) is 3.23. The first-order chi connectivity index (χ1) is 9.08. The first-order valence-electron chi connectivity index (χ1n) is 6.82. The largest absolute Gasteiger partial charge is 0.462 e. The van der Waals surface area contributed by atoms with Gasteiger partial charge in [0.15, 0.2) is 0 Å². The normalized spacial score (nSPS) is 13.6. The van der Waals surface area contributed by atoms with E-state index >= 15 is 0 Å². The van der Waals surface area contributed by atoms with Crippen LogP contribution in [0.5, 0.6) is 0 Å². The molecule has 0 heterocycles. The van der Waals surface area contributed by atoms with E-state index in [1.165, 1.54) is 6.92 Å². The monoisotopic (exact) mass is 262 g/mol. The number of ketones is 1. The fraction of sp³-hybridized carbons (Fsp3) is 0.500. The van der Waals surface area contributed by atoms with E-state index in [1.807, 2.05) is 44.2 Å². The Bertz CT molecular complexity index is 411. The standard InChI is InChI=1S/C16H22O3/c1-4-15(18)14(16(5-2)19-12(3)17)11-13-9-7-6-8-10-13/h6-10,14,16H,4-5,11H2,1-3H3/t14?,16-/m1/s1. The van der Waals surface area contributed by atoms with Gasteiger partial charge in [-0.3, -0.25) is 9.59 Å². The minimum Gasteiger partial charge on any atom is -0.462 e. The highest BCUT2D eigenvalue weighted by Crippen LogP contribution is 2.20. The van der Waals surface area contributed by atoms with Crippen LogP contribution in [0.25, 0.3) is 0 Å². The van der Waals surface area contributed by atoms with Crippen molar-refractivity contribution in [1.29, 1.82) is 0 Å². The minimum atomic E-state index is -0.329. The van der Waals surface area contributed by atoms with Crippen LogP contribution in [0.2, 0.25) is 0 Å². The summed E-state index contributed by atoms with van der Waals surface area (Å²) in [5, 5.41) is 0. The van der Waals surface area contributed by atoms with E-state index < -0.39 is 0 Å². The molecule has 2 atom stereocenters. The Labute approximate surface area is 115 Å². The number of benzene rings is 1. The molecule has 0 amide bonds. The van der Waals surface area contributed by atoms with Crippen molar-refractivity contribution >= 4 is 11.8 Å². The molecule has 0 radical (unpaired) electrons. The number of carbonyl (C=O) groups is 2. The molecular weight excluding hydrogens is 240 g/mol. The van der Waals surface area contributed by atoms with Crippen molar-refractivity contribution in [1.82, 2.24) is 0 Å². The van der Waals surface area contributed by atoms with E-state index in [0.29, 0.717) is 19.3 Å². The molecule has 0 spiro atoms. The van der Waals surface area contributed by atoms with Gasteiger partial charge in [-0.15, -0.1) is 0 Å². The Morgan fingerprint density at radius 3 is 2.26 bits per heavy atom. The molecule has 3 heteroatoms. The summed E-state index contributed by atoms with van der Waals surface area (Å²) in [5.74, 6) is -0.424. The quantitative estimate of drug-likeness (QED) is 0.709. The molecule has 0 fully saturated rings. The summed E-state index contributed by atoms with van der Waals surface area (Å²) in [6.07, 6.45) is 1.42. The summed E-state index contributed by atoms with van der Waals surface area (Å²) < 4.78 is 5.30. The lowest BCUT2D eigenvalue weighted by molar-refractivity contribution is -0.151. The molecule has 0 aliphatic carbocycles. The topological polar surface area (TPSA) is 43.4 Å². The molecule has 0 bridgehead atoms. The number of rotatable bonds is 7. The summed E-state index contributed by atoms with van der Waals surface area (Å²) in [7, 11) is 0. The number of ether oxygens (including phenoxy) is 1. The van der Waals surface area contributed by atoms with E-state index in [-0.39, 0.29) is 23.8 Å². The molecule has 0 saturated carbocycles. The molecule has 1 aromatic carbocycles. The first-order valence-corrected chi connectivity index (χ1v) is 6.82. The van der Waals surface area contributed by atoms with Crippen LogP contribution in [0, 0.1) is 5.92 Å². The molecule has 19 heavy (non-hydrogen) atoms. The second-order valence-electron chi connectivity index (χ2n) is 4.67. The van der Waals surface area contributed by atoms with Crippen LogP contribution in [0.15, 0.2) is 30.3 Å². The zero-order chi connectivity index (χ0) is 14.3. The van der Waals surface area contributed by atoms with Crippen LogP contribution in [-0.2, 0) is 20.7 Å². The lowest BCUT2D eigenvalue weighted by atomic mass is 9.87. The molecule has 0 aliphatic heterocycles. The predicted molar refractivity (Wildman–Crippen MR) is 74.8 cm³/mol. The Morgan fingerprint density at radius 2 is 1.79 bits per heavy atom. The van der Waals surface area contributed by atoms with Gasteiger partial charge in [-0.05, 0) is 18.4 Å². The van der Waals surface area contributed by atoms with Gasteiger partial charge in [-0.1, -0.05) is 44.2 Å². The molecule has 0 N–H and O–H groups in total. The maximum absolute atomic E-state index is 12.1. The molecule has 3 nitrogen and oxygen atoms in total. The second-order valence-corrected chi connectivity index (χ2v) is 4.67. The maximum atomic E-state index is 12.1. The molecule has 0 aliphatic rings. The Hall–Kier alpha value is -1.64. The van der Waals surface area contributed by atoms with E-state index in [1.54, 1.807) is 0 Å². The van der Waals surface area contributed by atoms with Crippen molar-refractivity contribution in [3.63, 3.8) is 0 Å². The fourth-order valence-corrected chi connectivity index (χ4v) is 2.25. The smallest absolute Gasteiger partial charge is 0.302 e. The summed E-state index contributed by atoms with van der Waals surface area (Å²) >= 11 is 0. The van der Waals surface area contributed by atoms with Gasteiger partial charge in [0.05, 0.1) is 5.92 Å². The van der Waals surface area contributed by atoms with Crippen LogP contribution < -0.4 is 0 Å². The van der Waals surface area contributed by atoms with Crippen molar-refractivity contribution in [2.75, 3.05) is 0 Å². The highest BCUT2D eigenvalue weighted by Gasteiger charge is 2.28. The first kappa shape index (κ1) is 15.4. The number of Topliss-reactive ketones (excluding diaryl/α,β-unsaturated/α-hetero) is 1. The SMILES string of the molecule is CCC(=O)C(Cc1ccccc1)[C@@H](CC)OC(C)=O. The Kier molecular flexibility index (Phi) is 6.26. The fourth-order valence-electron chi connectivity index (χ4n) is 2.25. The third-order valence-corrected chi connectivity index (χ3v) is 3.23. The van der Waals surface area contributed by atoms with E-state index in [2.05, 4.69) is 0 Å². The van der Waals surface area contributed by atoms with Crippen LogP contribution in [0.1, 0.15) is 39.2 Å². The molecule has 104 valence electrons. The zero-order valence-electron chi connectivity index (χ0n) is 11.9. The Morgan fingerprint density at radius 1 is 1.16 bits per heavy atom. The highest BCUT2D eigenvalue weighted by atomic mass is 16.5. The maximum Gasteiger partial charge on any atom is 0.302 e. The zero-order valence-corrected chi connectivity index (χ0v) is 11.9. The van der Waals surface area contributed by atoms with Crippen molar-refractivity contribution in [3.05, 3.63) is 35.9 Å². The van der Waals surface area contributed by atoms with Crippen LogP contribution in [0.3, 0.4) is 0 Å². The lowest BCUT2D eigenvalue weighted by Crippen LogP contribution is -2.33. The van der Waals surface area contributed by atoms with Crippen LogP contribution in [-0.4, -0.2) is 17.9 Å². The van der Waals surface area contributed by atoms with Crippen molar-refractivity contribution < 1.29 is 14.3 Å². The lowest BCUT2D eigenvalue weighted by Gasteiger charge is -2.24. The van der Waals surface area contributed by atoms with Gasteiger partial charge in [0, 0.05) is 13.3 Å². The summed E-state index contributed by atoms with van der Waals surface area (Å²) in [6, 6.07) is 9.85. The van der Waals surface area contributed by atoms with Gasteiger partial charge in [0.2, 0.25) is 0 Å². The van der Waals surface area contributed by atoms with E-state index in [9.17, 15) is 9.59 Å². The van der Waals surface area contributed by atoms with Crippen molar-refractivity contribution in [2.45, 2.75) is 46.1 Å². The number of esters is 1. The summed E-state index contributed by atoms with van der Waals surface area (Å²) in [5.41, 5.74) is 1.10. The van der Waals surface area contributed by atoms with Gasteiger partial charge >= 0.3 is 5.97 Å². The van der Waals surface area contributed by atoms with Crippen molar-refractivity contribution in [2.24, 2.45) is 5.92 Å². The molecule has 1 unspecified atom stereocenters. The predicted octanol–water partition coefficient (Wildman–Crippen LogP) is 3.17. The number of hydrogen-bond acceptors (Lipinski definition) is 3. The molecular formula is C16H22O3. The molecule has 1 rings (SSSR count). The van der Waals surface area contributed by atoms with Gasteiger partial charge in [0.1, 0.15) is 11.9 Å². The van der Waals surface area contributed by atoms with Gasteiger partial charge < -0.3 is 4.74 Å². The molecule has 0 aromatic heterocycles. The number of carbonyl (C=O) groups excluding carboxylic acids is 2. The third kappa shape index (κ3) is 4.86. The van der Waals surface area contributed by atoms with Crippen molar-refractivity contribution in [3.8, 4) is 0 Å². The average molecular weight is 262 g/mol. The molecule has 1 aromatic rings. The summed E-state index contributed by atoms with van der Waals surface area (Å²) in [6.45, 7) is 5.17. The average Bonchev–Trinajstić information content (AvgIpc) is 2.42. The van der Waals surface area contributed by atoms with Crippen LogP contribution in [0.4, 0.5) is 0 Å². The van der Waals surface area contributed by atoms with Gasteiger partial charge in [0.25, 0.3) is 0 Å².